The van der Waals surface area contributed by atoms with Crippen molar-refractivity contribution in [1.82, 2.24) is 0 Å². The largest absolute Gasteiger partial charge is 0.480 e. The minimum absolute atomic E-state index is 0.193. The van der Waals surface area contributed by atoms with Gasteiger partial charge in [-0.05, 0) is 24.6 Å². The zero-order valence-corrected chi connectivity index (χ0v) is 12.5. The second-order valence-electron chi connectivity index (χ2n) is 5.72. The van der Waals surface area contributed by atoms with Gasteiger partial charge in [-0.2, -0.15) is 0 Å². The zero-order chi connectivity index (χ0) is 13.7. The summed E-state index contributed by atoms with van der Waals surface area (Å²) in [4.78, 5) is 10.5. The van der Waals surface area contributed by atoms with Crippen molar-refractivity contribution < 1.29 is 14.3 Å². The van der Waals surface area contributed by atoms with Crippen molar-refractivity contribution in [2.24, 2.45) is 5.73 Å². The maximum atomic E-state index is 10.5. The first-order valence-corrected chi connectivity index (χ1v) is 8.76. The molecule has 0 radical (unpaired) electrons. The van der Waals surface area contributed by atoms with Crippen molar-refractivity contribution in [2.75, 3.05) is 6.61 Å². The maximum Gasteiger partial charge on any atom is 0.320 e. The third-order valence-electron chi connectivity index (χ3n) is 3.22. The predicted molar refractivity (Wildman–Crippen MR) is 72.5 cm³/mol. The van der Waals surface area contributed by atoms with E-state index in [9.17, 15) is 4.79 Å². The van der Waals surface area contributed by atoms with E-state index in [-0.39, 0.29) is 5.04 Å². The number of nitrogens with two attached hydrogens (primary N) is 1. The Labute approximate surface area is 105 Å². The molecule has 0 fully saturated rings. The quantitative estimate of drug-likeness (QED) is 0.567. The van der Waals surface area contributed by atoms with E-state index in [1.165, 1.54) is 0 Å². The molecule has 5 heteroatoms. The van der Waals surface area contributed by atoms with Gasteiger partial charge in [0.1, 0.15) is 6.04 Å². The van der Waals surface area contributed by atoms with Crippen molar-refractivity contribution in [3.05, 3.63) is 12.2 Å². The van der Waals surface area contributed by atoms with E-state index in [0.29, 0.717) is 13.0 Å². The fourth-order valence-electron chi connectivity index (χ4n) is 0.885. The van der Waals surface area contributed by atoms with E-state index in [2.05, 4.69) is 33.9 Å². The second kappa shape index (κ2) is 6.33. The normalized spacial score (nSPS) is 15.2. The molecule has 0 aliphatic carbocycles. The minimum Gasteiger partial charge on any atom is -0.480 e. The van der Waals surface area contributed by atoms with Crippen LogP contribution in [-0.2, 0) is 9.22 Å². The molecule has 0 spiro atoms. The Hall–Kier alpha value is -0.653. The molecule has 0 saturated carbocycles. The van der Waals surface area contributed by atoms with Gasteiger partial charge in [0.2, 0.25) is 0 Å². The van der Waals surface area contributed by atoms with E-state index >= 15 is 0 Å². The van der Waals surface area contributed by atoms with E-state index in [1.54, 1.807) is 6.08 Å². The highest BCUT2D eigenvalue weighted by Crippen LogP contribution is 2.36. The van der Waals surface area contributed by atoms with Crippen LogP contribution >= 0.6 is 0 Å². The average Bonchev–Trinajstić information content (AvgIpc) is 2.14. The number of carboxylic acids is 1. The molecule has 0 amide bonds. The molecule has 0 unspecified atom stereocenters. The van der Waals surface area contributed by atoms with Crippen LogP contribution in [0.25, 0.3) is 0 Å². The molecule has 0 saturated heterocycles. The first-order chi connectivity index (χ1) is 7.58. The topological polar surface area (TPSA) is 72.5 Å². The zero-order valence-electron chi connectivity index (χ0n) is 11.5. The Morgan fingerprint density at radius 2 is 1.94 bits per heavy atom. The van der Waals surface area contributed by atoms with Crippen LogP contribution in [-0.4, -0.2) is 32.0 Å². The van der Waals surface area contributed by atoms with Crippen molar-refractivity contribution >= 4 is 14.3 Å². The second-order valence-corrected chi connectivity index (χ2v) is 10.5. The monoisotopic (exact) mass is 259 g/mol. The summed E-state index contributed by atoms with van der Waals surface area (Å²) in [6, 6.07) is -0.820. The van der Waals surface area contributed by atoms with Gasteiger partial charge in [-0.15, -0.1) is 0 Å². The molecule has 17 heavy (non-hydrogen) atoms. The third kappa shape index (κ3) is 6.00. The number of carbonyl (C=O) groups is 1. The number of hydrogen-bond donors (Lipinski definition) is 2. The lowest BCUT2D eigenvalue weighted by Crippen LogP contribution is -2.40. The number of rotatable bonds is 6. The molecule has 0 heterocycles. The Bertz CT molecular complexity index is 282. The molecule has 0 aromatic heterocycles. The lowest BCUT2D eigenvalue weighted by Gasteiger charge is -2.35. The maximum absolute atomic E-state index is 10.5. The molecule has 1 atom stereocenters. The van der Waals surface area contributed by atoms with E-state index in [1.807, 2.05) is 6.08 Å². The van der Waals surface area contributed by atoms with Crippen molar-refractivity contribution in [2.45, 2.75) is 51.4 Å². The van der Waals surface area contributed by atoms with Crippen molar-refractivity contribution in [3.63, 3.8) is 0 Å². The fourth-order valence-corrected chi connectivity index (χ4v) is 1.83. The molecular formula is C12H25NO3Si. The predicted octanol–water partition coefficient (Wildman–Crippen LogP) is 2.37. The van der Waals surface area contributed by atoms with Gasteiger partial charge in [0.05, 0.1) is 6.61 Å². The standard InChI is InChI=1S/C12H25NO3Si/c1-12(2,3)17(4,5)16-9-7-6-8-10(13)11(14)15/h6-7,10H,8-9,13H2,1-5H3,(H,14,15)/b7-6-/t10-/m0/s1. The molecule has 0 aliphatic heterocycles. The SMILES string of the molecule is CC(C)(C)[Si](C)(C)OC/C=C\C[C@H](N)C(=O)O. The summed E-state index contributed by atoms with van der Waals surface area (Å²) < 4.78 is 5.90. The summed E-state index contributed by atoms with van der Waals surface area (Å²) >= 11 is 0. The first kappa shape index (κ1) is 16.3. The lowest BCUT2D eigenvalue weighted by atomic mass is 10.2. The molecule has 0 aromatic carbocycles. The number of hydrogen-bond acceptors (Lipinski definition) is 3. The van der Waals surface area contributed by atoms with Crippen LogP contribution in [0.1, 0.15) is 27.2 Å². The van der Waals surface area contributed by atoms with Crippen LogP contribution in [0.2, 0.25) is 18.1 Å². The van der Waals surface area contributed by atoms with E-state index < -0.39 is 20.3 Å². The minimum atomic E-state index is -1.70. The Balaban J connectivity index is 4.00. The summed E-state index contributed by atoms with van der Waals surface area (Å²) in [6.45, 7) is 11.5. The average molecular weight is 259 g/mol. The van der Waals surface area contributed by atoms with E-state index in [0.717, 1.165) is 0 Å². The van der Waals surface area contributed by atoms with Gasteiger partial charge in [0.15, 0.2) is 8.32 Å². The number of aliphatic carboxylic acids is 1. The van der Waals surface area contributed by atoms with Gasteiger partial charge >= 0.3 is 5.97 Å². The highest BCUT2D eigenvalue weighted by molar-refractivity contribution is 6.74. The lowest BCUT2D eigenvalue weighted by molar-refractivity contribution is -0.138. The molecular weight excluding hydrogens is 234 g/mol. The molecule has 0 bridgehead atoms. The molecule has 0 aliphatic rings. The fraction of sp³-hybridized carbons (Fsp3) is 0.750. The highest BCUT2D eigenvalue weighted by atomic mass is 28.4. The molecule has 0 rings (SSSR count). The van der Waals surface area contributed by atoms with Gasteiger partial charge in [-0.1, -0.05) is 32.9 Å². The van der Waals surface area contributed by atoms with Crippen molar-refractivity contribution in [3.8, 4) is 0 Å². The Morgan fingerprint density at radius 1 is 1.41 bits per heavy atom. The van der Waals surface area contributed by atoms with Crippen LogP contribution in [0.4, 0.5) is 0 Å². The molecule has 4 nitrogen and oxygen atoms in total. The van der Waals surface area contributed by atoms with Crippen LogP contribution in [0, 0.1) is 0 Å². The van der Waals surface area contributed by atoms with Crippen LogP contribution in [0.15, 0.2) is 12.2 Å². The highest BCUT2D eigenvalue weighted by Gasteiger charge is 2.36. The van der Waals surface area contributed by atoms with Crippen LogP contribution < -0.4 is 5.73 Å². The Morgan fingerprint density at radius 3 is 2.35 bits per heavy atom. The molecule has 0 aromatic rings. The summed E-state index contributed by atoms with van der Waals surface area (Å²) in [7, 11) is -1.70. The number of carboxylic acid groups (broad SMARTS) is 1. The van der Waals surface area contributed by atoms with Crippen LogP contribution in [0.3, 0.4) is 0 Å². The summed E-state index contributed by atoms with van der Waals surface area (Å²) in [5, 5.41) is 8.78. The van der Waals surface area contributed by atoms with Crippen molar-refractivity contribution in [1.29, 1.82) is 0 Å². The summed E-state index contributed by atoms with van der Waals surface area (Å²) in [6.07, 6.45) is 3.96. The first-order valence-electron chi connectivity index (χ1n) is 5.85. The summed E-state index contributed by atoms with van der Waals surface area (Å²) in [5.41, 5.74) is 5.37. The van der Waals surface area contributed by atoms with Gasteiger partial charge in [0.25, 0.3) is 0 Å². The van der Waals surface area contributed by atoms with Gasteiger partial charge < -0.3 is 15.3 Å². The van der Waals surface area contributed by atoms with E-state index in [4.69, 9.17) is 15.3 Å². The smallest absolute Gasteiger partial charge is 0.320 e. The van der Waals surface area contributed by atoms with Gasteiger partial charge in [-0.25, -0.2) is 0 Å². The molecule has 100 valence electrons. The molecule has 3 N–H and O–H groups in total. The Kier molecular flexibility index (Phi) is 6.08. The third-order valence-corrected chi connectivity index (χ3v) is 7.72. The van der Waals surface area contributed by atoms with Crippen LogP contribution in [0.5, 0.6) is 0 Å². The van der Waals surface area contributed by atoms with Gasteiger partial charge in [0, 0.05) is 0 Å². The van der Waals surface area contributed by atoms with Gasteiger partial charge in [-0.3, -0.25) is 4.79 Å². The summed E-state index contributed by atoms with van der Waals surface area (Å²) in [5.74, 6) is -0.972.